The summed E-state index contributed by atoms with van der Waals surface area (Å²) in [5.41, 5.74) is 2.04. The van der Waals surface area contributed by atoms with Crippen LogP contribution >= 0.6 is 0 Å². The molecule has 0 bridgehead atoms. The van der Waals surface area contributed by atoms with Crippen molar-refractivity contribution in [1.82, 2.24) is 9.55 Å². The van der Waals surface area contributed by atoms with E-state index >= 15 is 0 Å². The Morgan fingerprint density at radius 1 is 1.50 bits per heavy atom. The van der Waals surface area contributed by atoms with Gasteiger partial charge in [0.1, 0.15) is 5.75 Å². The van der Waals surface area contributed by atoms with Crippen molar-refractivity contribution in [1.29, 1.82) is 0 Å². The van der Waals surface area contributed by atoms with Gasteiger partial charge in [-0.05, 0) is 13.0 Å². The van der Waals surface area contributed by atoms with E-state index in [2.05, 4.69) is 4.98 Å². The van der Waals surface area contributed by atoms with Crippen molar-refractivity contribution in [2.45, 2.75) is 13.5 Å². The maximum atomic E-state index is 10.5. The van der Waals surface area contributed by atoms with Gasteiger partial charge in [0.15, 0.2) is 6.61 Å². The SMILES string of the molecule is Cc1ccc(OCC(=O)O)c(Cn2ccnc2)c1. The molecule has 5 heteroatoms. The number of benzene rings is 1. The van der Waals surface area contributed by atoms with Gasteiger partial charge in [-0.15, -0.1) is 0 Å². The molecule has 0 spiro atoms. The monoisotopic (exact) mass is 246 g/mol. The molecule has 0 unspecified atom stereocenters. The molecular weight excluding hydrogens is 232 g/mol. The third kappa shape index (κ3) is 3.10. The first-order chi connectivity index (χ1) is 8.65. The predicted octanol–water partition coefficient (Wildman–Crippen LogP) is 1.70. The number of hydrogen-bond acceptors (Lipinski definition) is 3. The number of aryl methyl sites for hydroxylation is 1. The third-order valence-electron chi connectivity index (χ3n) is 2.48. The second kappa shape index (κ2) is 5.35. The summed E-state index contributed by atoms with van der Waals surface area (Å²) < 4.78 is 7.17. The number of rotatable bonds is 5. The molecule has 1 N–H and O–H groups in total. The molecular formula is C13H14N2O3. The Hall–Kier alpha value is -2.30. The number of aliphatic carboxylic acids is 1. The number of carboxylic acids is 1. The van der Waals surface area contributed by atoms with Gasteiger partial charge in [0, 0.05) is 18.0 Å². The number of carbonyl (C=O) groups is 1. The number of hydrogen-bond donors (Lipinski definition) is 1. The molecule has 0 aliphatic heterocycles. The van der Waals surface area contributed by atoms with Crippen molar-refractivity contribution in [3.05, 3.63) is 48.0 Å². The Morgan fingerprint density at radius 2 is 2.33 bits per heavy atom. The molecule has 5 nitrogen and oxygen atoms in total. The van der Waals surface area contributed by atoms with E-state index in [9.17, 15) is 4.79 Å². The molecule has 0 fully saturated rings. The first-order valence-corrected chi connectivity index (χ1v) is 5.55. The Morgan fingerprint density at radius 3 is 3.00 bits per heavy atom. The van der Waals surface area contributed by atoms with E-state index in [1.54, 1.807) is 18.6 Å². The van der Waals surface area contributed by atoms with Gasteiger partial charge in [0.25, 0.3) is 0 Å². The van der Waals surface area contributed by atoms with Crippen LogP contribution in [0.15, 0.2) is 36.9 Å². The van der Waals surface area contributed by atoms with E-state index in [-0.39, 0.29) is 6.61 Å². The Kier molecular flexibility index (Phi) is 3.62. The van der Waals surface area contributed by atoms with Crippen LogP contribution in [0.5, 0.6) is 5.75 Å². The maximum Gasteiger partial charge on any atom is 0.341 e. The smallest absolute Gasteiger partial charge is 0.341 e. The summed E-state index contributed by atoms with van der Waals surface area (Å²) in [6, 6.07) is 5.68. The first-order valence-electron chi connectivity index (χ1n) is 5.55. The van der Waals surface area contributed by atoms with Crippen LogP contribution in [-0.2, 0) is 11.3 Å². The molecule has 1 heterocycles. The summed E-state index contributed by atoms with van der Waals surface area (Å²) in [5.74, 6) is -0.388. The molecule has 18 heavy (non-hydrogen) atoms. The fraction of sp³-hybridized carbons (Fsp3) is 0.231. The number of imidazole rings is 1. The molecule has 0 amide bonds. The summed E-state index contributed by atoms with van der Waals surface area (Å²) in [5, 5.41) is 8.64. The standard InChI is InChI=1S/C13H14N2O3/c1-10-2-3-12(18-8-13(16)17)11(6-10)7-15-5-4-14-9-15/h2-6,9H,7-8H2,1H3,(H,16,17). The van der Waals surface area contributed by atoms with Crippen molar-refractivity contribution in [2.24, 2.45) is 0 Å². The van der Waals surface area contributed by atoms with E-state index in [4.69, 9.17) is 9.84 Å². The molecule has 0 aliphatic rings. The van der Waals surface area contributed by atoms with Crippen LogP contribution in [0.25, 0.3) is 0 Å². The minimum absolute atomic E-state index is 0.333. The Labute approximate surface area is 105 Å². The highest BCUT2D eigenvalue weighted by atomic mass is 16.5. The molecule has 2 aromatic rings. The van der Waals surface area contributed by atoms with Crippen LogP contribution in [0.3, 0.4) is 0 Å². The van der Waals surface area contributed by atoms with Crippen molar-refractivity contribution >= 4 is 5.97 Å². The highest BCUT2D eigenvalue weighted by Gasteiger charge is 2.07. The average Bonchev–Trinajstić information content (AvgIpc) is 2.80. The van der Waals surface area contributed by atoms with Gasteiger partial charge >= 0.3 is 5.97 Å². The average molecular weight is 246 g/mol. The number of aromatic nitrogens is 2. The fourth-order valence-electron chi connectivity index (χ4n) is 1.69. The zero-order valence-electron chi connectivity index (χ0n) is 10.0. The minimum atomic E-state index is -0.982. The van der Waals surface area contributed by atoms with Crippen molar-refractivity contribution in [3.63, 3.8) is 0 Å². The highest BCUT2D eigenvalue weighted by Crippen LogP contribution is 2.21. The first kappa shape index (κ1) is 12.2. The zero-order chi connectivity index (χ0) is 13.0. The molecule has 0 atom stereocenters. The molecule has 1 aromatic heterocycles. The molecule has 0 saturated carbocycles. The van der Waals surface area contributed by atoms with Crippen LogP contribution in [0.2, 0.25) is 0 Å². The normalized spacial score (nSPS) is 10.3. The second-order valence-corrected chi connectivity index (χ2v) is 4.03. The highest BCUT2D eigenvalue weighted by molar-refractivity contribution is 5.68. The van der Waals surface area contributed by atoms with E-state index in [0.29, 0.717) is 12.3 Å². The molecule has 1 aromatic carbocycles. The summed E-state index contributed by atoms with van der Waals surface area (Å²) in [6.07, 6.45) is 5.26. The van der Waals surface area contributed by atoms with Gasteiger partial charge in [0.2, 0.25) is 0 Å². The van der Waals surface area contributed by atoms with Gasteiger partial charge in [0.05, 0.1) is 12.9 Å². The van der Waals surface area contributed by atoms with Crippen LogP contribution in [0, 0.1) is 6.92 Å². The van der Waals surface area contributed by atoms with Crippen LogP contribution < -0.4 is 4.74 Å². The van der Waals surface area contributed by atoms with Gasteiger partial charge in [-0.1, -0.05) is 17.7 Å². The van der Waals surface area contributed by atoms with Crippen molar-refractivity contribution in [3.8, 4) is 5.75 Å². The van der Waals surface area contributed by atoms with Crippen LogP contribution in [0.4, 0.5) is 0 Å². The second-order valence-electron chi connectivity index (χ2n) is 4.03. The third-order valence-corrected chi connectivity index (χ3v) is 2.48. The van der Waals surface area contributed by atoms with Gasteiger partial charge in [-0.3, -0.25) is 0 Å². The number of carboxylic acid groups (broad SMARTS) is 1. The lowest BCUT2D eigenvalue weighted by molar-refractivity contribution is -0.139. The van der Waals surface area contributed by atoms with Crippen molar-refractivity contribution in [2.75, 3.05) is 6.61 Å². The molecule has 0 saturated heterocycles. The summed E-state index contributed by atoms with van der Waals surface area (Å²) in [6.45, 7) is 2.26. The zero-order valence-corrected chi connectivity index (χ0v) is 10.0. The van der Waals surface area contributed by atoms with E-state index in [0.717, 1.165) is 11.1 Å². The molecule has 0 aliphatic carbocycles. The predicted molar refractivity (Wildman–Crippen MR) is 65.6 cm³/mol. The van der Waals surface area contributed by atoms with Crippen molar-refractivity contribution < 1.29 is 14.6 Å². The quantitative estimate of drug-likeness (QED) is 0.872. The fourth-order valence-corrected chi connectivity index (χ4v) is 1.69. The van der Waals surface area contributed by atoms with Gasteiger partial charge < -0.3 is 14.4 Å². The number of ether oxygens (including phenoxy) is 1. The van der Waals surface area contributed by atoms with Gasteiger partial charge in [-0.25, -0.2) is 9.78 Å². The number of nitrogens with zero attached hydrogens (tertiary/aromatic N) is 2. The summed E-state index contributed by atoms with van der Waals surface area (Å²) in [4.78, 5) is 14.5. The lowest BCUT2D eigenvalue weighted by Gasteiger charge is -2.11. The summed E-state index contributed by atoms with van der Waals surface area (Å²) in [7, 11) is 0. The largest absolute Gasteiger partial charge is 0.482 e. The van der Waals surface area contributed by atoms with Crippen LogP contribution in [-0.4, -0.2) is 27.2 Å². The molecule has 0 radical (unpaired) electrons. The maximum absolute atomic E-state index is 10.5. The minimum Gasteiger partial charge on any atom is -0.482 e. The lowest BCUT2D eigenvalue weighted by Crippen LogP contribution is -2.11. The molecule has 2 rings (SSSR count). The lowest BCUT2D eigenvalue weighted by atomic mass is 10.1. The summed E-state index contributed by atoms with van der Waals surface area (Å²) >= 11 is 0. The van der Waals surface area contributed by atoms with Crippen LogP contribution in [0.1, 0.15) is 11.1 Å². The Bertz CT molecular complexity index is 535. The van der Waals surface area contributed by atoms with E-state index in [1.165, 1.54) is 0 Å². The topological polar surface area (TPSA) is 64.3 Å². The van der Waals surface area contributed by atoms with E-state index in [1.807, 2.05) is 29.8 Å². The molecule has 94 valence electrons. The van der Waals surface area contributed by atoms with E-state index < -0.39 is 5.97 Å². The Balaban J connectivity index is 2.20. The van der Waals surface area contributed by atoms with Gasteiger partial charge in [-0.2, -0.15) is 0 Å².